The molecule has 0 saturated heterocycles. The summed E-state index contributed by atoms with van der Waals surface area (Å²) in [7, 11) is 0. The standard InChI is InChI=1S/C14H18N2O/c1-10-3-6-13(9-11(10)2)16-14(17)15-8-7-12-4-5-12/h3,6-9,12H,4-5H2,1-2H3,(H2,15,16,17)/b8-7+. The summed E-state index contributed by atoms with van der Waals surface area (Å²) in [6.45, 7) is 4.09. The third kappa shape index (κ3) is 3.63. The molecule has 3 nitrogen and oxygen atoms in total. The molecule has 0 spiro atoms. The van der Waals surface area contributed by atoms with Gasteiger partial charge in [0.25, 0.3) is 0 Å². The lowest BCUT2D eigenvalue weighted by molar-refractivity contribution is 0.255. The average molecular weight is 230 g/mol. The zero-order chi connectivity index (χ0) is 12.3. The van der Waals surface area contributed by atoms with Gasteiger partial charge in [-0.2, -0.15) is 0 Å². The molecule has 2 rings (SSSR count). The smallest absolute Gasteiger partial charge is 0.315 e. The molecule has 2 amide bonds. The minimum absolute atomic E-state index is 0.190. The van der Waals surface area contributed by atoms with Crippen LogP contribution in [0.5, 0.6) is 0 Å². The number of urea groups is 1. The minimum atomic E-state index is -0.190. The number of allylic oxidation sites excluding steroid dienone is 1. The maximum Gasteiger partial charge on any atom is 0.323 e. The second-order valence-electron chi connectivity index (χ2n) is 4.59. The highest BCUT2D eigenvalue weighted by Crippen LogP contribution is 2.29. The SMILES string of the molecule is Cc1ccc(NC(=O)N/C=C/C2CC2)cc1C. The number of amides is 2. The molecule has 1 aliphatic rings. The van der Waals surface area contributed by atoms with Crippen LogP contribution in [0.1, 0.15) is 24.0 Å². The molecule has 3 heteroatoms. The van der Waals surface area contributed by atoms with Gasteiger partial charge in [-0.25, -0.2) is 4.79 Å². The lowest BCUT2D eigenvalue weighted by atomic mass is 10.1. The quantitative estimate of drug-likeness (QED) is 0.821. The molecular formula is C14H18N2O. The Bertz CT molecular complexity index is 448. The van der Waals surface area contributed by atoms with Gasteiger partial charge in [-0.05, 0) is 55.9 Å². The Hall–Kier alpha value is -1.77. The summed E-state index contributed by atoms with van der Waals surface area (Å²) in [6.07, 6.45) is 6.27. The lowest BCUT2D eigenvalue weighted by Crippen LogP contribution is -2.23. The van der Waals surface area contributed by atoms with Crippen LogP contribution in [0.15, 0.2) is 30.5 Å². The Morgan fingerprint density at radius 2 is 2.06 bits per heavy atom. The number of carbonyl (C=O) groups is 1. The van der Waals surface area contributed by atoms with Crippen molar-refractivity contribution in [1.82, 2.24) is 5.32 Å². The molecule has 0 aliphatic heterocycles. The van der Waals surface area contributed by atoms with Crippen molar-refractivity contribution >= 4 is 11.7 Å². The van der Waals surface area contributed by atoms with Crippen molar-refractivity contribution in [3.8, 4) is 0 Å². The van der Waals surface area contributed by atoms with Crippen molar-refractivity contribution in [3.05, 3.63) is 41.6 Å². The summed E-state index contributed by atoms with van der Waals surface area (Å²) in [5.41, 5.74) is 3.23. The molecule has 1 fully saturated rings. The van der Waals surface area contributed by atoms with E-state index in [1.807, 2.05) is 31.2 Å². The van der Waals surface area contributed by atoms with Gasteiger partial charge in [-0.1, -0.05) is 12.1 Å². The van der Waals surface area contributed by atoms with Crippen LogP contribution in [0.4, 0.5) is 10.5 Å². The van der Waals surface area contributed by atoms with Crippen LogP contribution in [0, 0.1) is 19.8 Å². The fourth-order valence-corrected chi connectivity index (χ4v) is 1.53. The summed E-state index contributed by atoms with van der Waals surface area (Å²) in [5.74, 6) is 0.678. The minimum Gasteiger partial charge on any atom is -0.315 e. The van der Waals surface area contributed by atoms with Crippen molar-refractivity contribution in [3.63, 3.8) is 0 Å². The summed E-state index contributed by atoms with van der Waals surface area (Å²) in [5, 5.41) is 5.51. The zero-order valence-corrected chi connectivity index (χ0v) is 10.3. The molecule has 1 saturated carbocycles. The second kappa shape index (κ2) is 5.04. The van der Waals surface area contributed by atoms with E-state index in [-0.39, 0.29) is 6.03 Å². The second-order valence-corrected chi connectivity index (χ2v) is 4.59. The van der Waals surface area contributed by atoms with Crippen LogP contribution in [-0.4, -0.2) is 6.03 Å². The molecule has 0 aromatic heterocycles. The van der Waals surface area contributed by atoms with Gasteiger partial charge < -0.3 is 10.6 Å². The predicted octanol–water partition coefficient (Wildman–Crippen LogP) is 3.35. The molecule has 1 aliphatic carbocycles. The van der Waals surface area contributed by atoms with E-state index in [4.69, 9.17) is 0 Å². The zero-order valence-electron chi connectivity index (χ0n) is 10.3. The van der Waals surface area contributed by atoms with Crippen LogP contribution in [0.3, 0.4) is 0 Å². The van der Waals surface area contributed by atoms with Crippen LogP contribution < -0.4 is 10.6 Å². The van der Waals surface area contributed by atoms with Gasteiger partial charge in [-0.3, -0.25) is 0 Å². The Labute approximate surface area is 102 Å². The monoisotopic (exact) mass is 230 g/mol. The molecule has 17 heavy (non-hydrogen) atoms. The van der Waals surface area contributed by atoms with Gasteiger partial charge in [0.2, 0.25) is 0 Å². The van der Waals surface area contributed by atoms with Crippen molar-refractivity contribution in [1.29, 1.82) is 0 Å². The Kier molecular flexibility index (Phi) is 3.47. The van der Waals surface area contributed by atoms with Crippen LogP contribution in [-0.2, 0) is 0 Å². The number of hydrogen-bond donors (Lipinski definition) is 2. The third-order valence-electron chi connectivity index (χ3n) is 2.97. The summed E-state index contributed by atoms with van der Waals surface area (Å²) >= 11 is 0. The van der Waals surface area contributed by atoms with Gasteiger partial charge in [0.05, 0.1) is 0 Å². The topological polar surface area (TPSA) is 41.1 Å². The molecule has 90 valence electrons. The fourth-order valence-electron chi connectivity index (χ4n) is 1.53. The van der Waals surface area contributed by atoms with E-state index in [0.717, 1.165) is 5.69 Å². The highest BCUT2D eigenvalue weighted by molar-refractivity contribution is 5.89. The van der Waals surface area contributed by atoms with Crippen LogP contribution >= 0.6 is 0 Å². The number of anilines is 1. The van der Waals surface area contributed by atoms with Gasteiger partial charge in [0.15, 0.2) is 0 Å². The Morgan fingerprint density at radius 3 is 2.71 bits per heavy atom. The van der Waals surface area contributed by atoms with Gasteiger partial charge in [-0.15, -0.1) is 0 Å². The molecule has 0 heterocycles. The molecule has 0 unspecified atom stereocenters. The van der Waals surface area contributed by atoms with Gasteiger partial charge in [0, 0.05) is 11.9 Å². The normalized spacial score (nSPS) is 14.9. The summed E-state index contributed by atoms with van der Waals surface area (Å²) in [4.78, 5) is 11.5. The molecular weight excluding hydrogens is 212 g/mol. The molecule has 0 radical (unpaired) electrons. The third-order valence-corrected chi connectivity index (χ3v) is 2.97. The fraction of sp³-hybridized carbons (Fsp3) is 0.357. The maximum absolute atomic E-state index is 11.5. The number of hydrogen-bond acceptors (Lipinski definition) is 1. The van der Waals surface area contributed by atoms with E-state index in [1.54, 1.807) is 6.20 Å². The number of carbonyl (C=O) groups excluding carboxylic acids is 1. The van der Waals surface area contributed by atoms with E-state index in [9.17, 15) is 4.79 Å². The first-order chi connectivity index (χ1) is 8.15. The van der Waals surface area contributed by atoms with Crippen molar-refractivity contribution in [2.24, 2.45) is 5.92 Å². The molecule has 1 aromatic carbocycles. The van der Waals surface area contributed by atoms with Crippen molar-refractivity contribution < 1.29 is 4.79 Å². The first-order valence-corrected chi connectivity index (χ1v) is 5.96. The molecule has 0 atom stereocenters. The molecule has 2 N–H and O–H groups in total. The van der Waals surface area contributed by atoms with E-state index in [2.05, 4.69) is 17.6 Å². The van der Waals surface area contributed by atoms with Gasteiger partial charge >= 0.3 is 6.03 Å². The first kappa shape index (κ1) is 11.7. The highest BCUT2D eigenvalue weighted by atomic mass is 16.2. The molecule has 0 bridgehead atoms. The first-order valence-electron chi connectivity index (χ1n) is 5.96. The van der Waals surface area contributed by atoms with E-state index in [0.29, 0.717) is 5.92 Å². The van der Waals surface area contributed by atoms with E-state index < -0.39 is 0 Å². The van der Waals surface area contributed by atoms with Crippen molar-refractivity contribution in [2.45, 2.75) is 26.7 Å². The lowest BCUT2D eigenvalue weighted by Gasteiger charge is -2.07. The number of rotatable bonds is 3. The van der Waals surface area contributed by atoms with Crippen LogP contribution in [0.25, 0.3) is 0 Å². The summed E-state index contributed by atoms with van der Waals surface area (Å²) < 4.78 is 0. The summed E-state index contributed by atoms with van der Waals surface area (Å²) in [6, 6.07) is 5.70. The van der Waals surface area contributed by atoms with Crippen LogP contribution in [0.2, 0.25) is 0 Å². The maximum atomic E-state index is 11.5. The Morgan fingerprint density at radius 1 is 1.29 bits per heavy atom. The largest absolute Gasteiger partial charge is 0.323 e. The van der Waals surface area contributed by atoms with Crippen molar-refractivity contribution in [2.75, 3.05) is 5.32 Å². The van der Waals surface area contributed by atoms with E-state index >= 15 is 0 Å². The van der Waals surface area contributed by atoms with Gasteiger partial charge in [0.1, 0.15) is 0 Å². The van der Waals surface area contributed by atoms with E-state index in [1.165, 1.54) is 24.0 Å². The molecule has 1 aromatic rings. The number of nitrogens with one attached hydrogen (secondary N) is 2. The number of benzene rings is 1. The predicted molar refractivity (Wildman–Crippen MR) is 69.9 cm³/mol. The highest BCUT2D eigenvalue weighted by Gasteiger charge is 2.17. The average Bonchev–Trinajstić information content (AvgIpc) is 3.07. The number of aryl methyl sites for hydroxylation is 2. The Balaban J connectivity index is 1.86.